The zero-order valence-corrected chi connectivity index (χ0v) is 27.2. The topological polar surface area (TPSA) is 110 Å². The number of nitrogens with two attached hydrogens (primary N) is 1. The molecule has 0 radical (unpaired) electrons. The Balaban J connectivity index is 1.30. The molecule has 2 aromatic heterocycles. The lowest BCUT2D eigenvalue weighted by molar-refractivity contribution is -0.0256. The number of rotatable bonds is 5. The van der Waals surface area contributed by atoms with Crippen molar-refractivity contribution < 1.29 is 27.4 Å². The fraction of sp³-hybridized carbons (Fsp3) is 0.485. The van der Waals surface area contributed by atoms with Crippen LogP contribution in [0.3, 0.4) is 0 Å². The average molecular weight is 685 g/mol. The van der Waals surface area contributed by atoms with Gasteiger partial charge in [-0.25, -0.2) is 13.2 Å². The van der Waals surface area contributed by atoms with Crippen molar-refractivity contribution in [3.05, 3.63) is 34.4 Å². The number of nitriles is 1. The molecule has 4 aliphatic heterocycles. The van der Waals surface area contributed by atoms with Gasteiger partial charge in [0, 0.05) is 43.1 Å². The summed E-state index contributed by atoms with van der Waals surface area (Å²) in [5.41, 5.74) is 5.86. The van der Waals surface area contributed by atoms with Gasteiger partial charge in [0.05, 0.1) is 33.3 Å². The van der Waals surface area contributed by atoms with Crippen molar-refractivity contribution in [1.82, 2.24) is 14.9 Å². The predicted octanol–water partition coefficient (Wildman–Crippen LogP) is 6.62. The molecular weight excluding hydrogens is 653 g/mol. The van der Waals surface area contributed by atoms with E-state index in [2.05, 4.69) is 9.88 Å². The molecule has 3 fully saturated rings. The minimum Gasteiger partial charge on any atom is -0.488 e. The summed E-state index contributed by atoms with van der Waals surface area (Å²) >= 11 is 7.94. The fourth-order valence-corrected chi connectivity index (χ4v) is 9.41. The van der Waals surface area contributed by atoms with E-state index in [0.29, 0.717) is 31.8 Å². The maximum atomic E-state index is 17.1. The van der Waals surface area contributed by atoms with Gasteiger partial charge >= 0.3 is 6.01 Å². The number of alkyl halides is 1. The Morgan fingerprint density at radius 1 is 1.26 bits per heavy atom. The third-order valence-electron chi connectivity index (χ3n) is 10.3. The van der Waals surface area contributed by atoms with E-state index in [9.17, 15) is 14.0 Å². The van der Waals surface area contributed by atoms with Crippen LogP contribution in [0, 0.1) is 23.0 Å². The van der Waals surface area contributed by atoms with Gasteiger partial charge in [0.15, 0.2) is 11.6 Å². The maximum absolute atomic E-state index is 17.1. The predicted molar refractivity (Wildman–Crippen MR) is 174 cm³/mol. The van der Waals surface area contributed by atoms with Crippen LogP contribution in [-0.2, 0) is 4.74 Å². The first-order chi connectivity index (χ1) is 22.7. The van der Waals surface area contributed by atoms with Crippen LogP contribution in [0.2, 0.25) is 5.02 Å². The number of halogens is 4. The monoisotopic (exact) mass is 684 g/mol. The lowest BCUT2D eigenvalue weighted by Gasteiger charge is -2.40. The summed E-state index contributed by atoms with van der Waals surface area (Å²) in [6.45, 7) is 2.24. The molecule has 0 saturated carbocycles. The van der Waals surface area contributed by atoms with E-state index in [0.717, 1.165) is 43.6 Å². The van der Waals surface area contributed by atoms with Crippen molar-refractivity contribution in [2.75, 3.05) is 50.6 Å². The Labute approximate surface area is 278 Å². The number of aromatic nitrogens is 2. The van der Waals surface area contributed by atoms with Gasteiger partial charge in [-0.15, -0.1) is 11.3 Å². The maximum Gasteiger partial charge on any atom is 0.319 e. The lowest BCUT2D eigenvalue weighted by Crippen LogP contribution is -2.49. The summed E-state index contributed by atoms with van der Waals surface area (Å²) in [5.74, 6) is -0.859. The van der Waals surface area contributed by atoms with E-state index in [1.807, 2.05) is 18.0 Å². The van der Waals surface area contributed by atoms with E-state index in [4.69, 9.17) is 36.5 Å². The van der Waals surface area contributed by atoms with Crippen molar-refractivity contribution in [2.45, 2.75) is 62.4 Å². The quantitative estimate of drug-likeness (QED) is 0.248. The SMILES string of the molecule is CN1c2nc(OCC[C@@]34CCCN3C[C@H](F)C4)nc3c(F)c(-c4ccc(F)c5sc(N)c(C#N)c45)c(Cl)c(c23)OCC2OCCCC21. The van der Waals surface area contributed by atoms with Crippen LogP contribution in [-0.4, -0.2) is 78.7 Å². The molecule has 6 heterocycles. The summed E-state index contributed by atoms with van der Waals surface area (Å²) in [6.07, 6.45) is 3.43. The number of hydrogen-bond donors (Lipinski definition) is 1. The molecule has 2 aromatic carbocycles. The second-order valence-electron chi connectivity index (χ2n) is 12.9. The first-order valence-electron chi connectivity index (χ1n) is 15.8. The van der Waals surface area contributed by atoms with Crippen LogP contribution in [0.4, 0.5) is 24.0 Å². The second-order valence-corrected chi connectivity index (χ2v) is 14.3. The molecule has 0 spiro atoms. The van der Waals surface area contributed by atoms with Crippen LogP contribution in [0.15, 0.2) is 12.1 Å². The minimum absolute atomic E-state index is 0.0343. The molecule has 246 valence electrons. The van der Waals surface area contributed by atoms with E-state index < -0.39 is 17.8 Å². The molecule has 0 amide bonds. The second kappa shape index (κ2) is 11.5. The van der Waals surface area contributed by atoms with Crippen molar-refractivity contribution in [3.8, 4) is 29.0 Å². The van der Waals surface area contributed by atoms with Crippen LogP contribution < -0.4 is 20.1 Å². The summed E-state index contributed by atoms with van der Waals surface area (Å²) in [6, 6.07) is 4.47. The van der Waals surface area contributed by atoms with Crippen molar-refractivity contribution in [2.24, 2.45) is 0 Å². The smallest absolute Gasteiger partial charge is 0.319 e. The van der Waals surface area contributed by atoms with E-state index >= 15 is 4.39 Å². The van der Waals surface area contributed by atoms with Crippen LogP contribution in [0.25, 0.3) is 32.1 Å². The molecule has 0 aliphatic carbocycles. The molecule has 8 rings (SSSR count). The highest BCUT2D eigenvalue weighted by atomic mass is 35.5. The Kier molecular flexibility index (Phi) is 7.55. The van der Waals surface area contributed by atoms with Crippen molar-refractivity contribution >= 4 is 54.7 Å². The van der Waals surface area contributed by atoms with Crippen molar-refractivity contribution in [1.29, 1.82) is 5.26 Å². The van der Waals surface area contributed by atoms with E-state index in [-0.39, 0.29) is 90.4 Å². The molecule has 14 heteroatoms. The van der Waals surface area contributed by atoms with Crippen LogP contribution in [0.1, 0.15) is 44.1 Å². The standard InChI is InChI=1S/C33H32ClF3N6O3S/c1-42-20-4-2-10-44-21(20)15-46-28-24-27(40-32(41-31(24)42)45-11-8-33-7-3-9-43(33)14-16(35)12-33)26(37)23(25(28)34)17-5-6-19(36)29-22(17)18(13-38)30(39)47-29/h5-6,16,20-21H,2-4,7-12,14-15,39H2,1H3/t16-,20?,21?,33-/m1/s1. The normalized spacial score (nSPS) is 25.7. The average Bonchev–Trinajstić information content (AvgIpc) is 3.70. The van der Waals surface area contributed by atoms with Gasteiger partial charge in [-0.2, -0.15) is 15.2 Å². The Morgan fingerprint density at radius 2 is 2.11 bits per heavy atom. The number of anilines is 2. The number of benzene rings is 2. The minimum atomic E-state index is -0.864. The highest BCUT2D eigenvalue weighted by Gasteiger charge is 2.48. The number of nitrogens with zero attached hydrogens (tertiary/aromatic N) is 5. The van der Waals surface area contributed by atoms with Gasteiger partial charge in [-0.1, -0.05) is 17.7 Å². The van der Waals surface area contributed by atoms with Crippen molar-refractivity contribution in [3.63, 3.8) is 0 Å². The van der Waals surface area contributed by atoms with Gasteiger partial charge in [0.25, 0.3) is 0 Å². The first kappa shape index (κ1) is 30.7. The number of likely N-dealkylation sites (N-methyl/N-ethyl adjacent to an activating group) is 1. The number of fused-ring (bicyclic) bond motifs is 3. The van der Waals surface area contributed by atoms with Gasteiger partial charge in [0.1, 0.15) is 47.1 Å². The van der Waals surface area contributed by atoms with Gasteiger partial charge in [-0.05, 0) is 50.3 Å². The number of ether oxygens (including phenoxy) is 3. The summed E-state index contributed by atoms with van der Waals surface area (Å²) in [4.78, 5) is 13.5. The third-order valence-corrected chi connectivity index (χ3v) is 11.7. The molecule has 2 unspecified atom stereocenters. The molecule has 4 atom stereocenters. The summed E-state index contributed by atoms with van der Waals surface area (Å²) in [5, 5.41) is 10.4. The molecule has 2 N–H and O–H groups in total. The highest BCUT2D eigenvalue weighted by Crippen LogP contribution is 2.51. The fourth-order valence-electron chi connectivity index (χ4n) is 8.13. The summed E-state index contributed by atoms with van der Waals surface area (Å²) < 4.78 is 65.2. The zero-order valence-electron chi connectivity index (χ0n) is 25.6. The third kappa shape index (κ3) is 4.78. The molecular formula is C33H32ClF3N6O3S. The number of thiophene rings is 1. The summed E-state index contributed by atoms with van der Waals surface area (Å²) in [7, 11) is 1.87. The number of nitrogen functional groups attached to an aromatic ring is 1. The molecule has 3 saturated heterocycles. The zero-order chi connectivity index (χ0) is 32.6. The Morgan fingerprint density at radius 3 is 2.94 bits per heavy atom. The van der Waals surface area contributed by atoms with Crippen LogP contribution in [0.5, 0.6) is 11.8 Å². The van der Waals surface area contributed by atoms with Gasteiger partial charge in [-0.3, -0.25) is 4.90 Å². The molecule has 4 aromatic rings. The Bertz CT molecular complexity index is 1970. The van der Waals surface area contributed by atoms with E-state index in [1.54, 1.807) is 0 Å². The molecule has 9 nitrogen and oxygen atoms in total. The highest BCUT2D eigenvalue weighted by molar-refractivity contribution is 7.23. The van der Waals surface area contributed by atoms with Gasteiger partial charge in [0.2, 0.25) is 0 Å². The molecule has 47 heavy (non-hydrogen) atoms. The Hall–Kier alpha value is -3.57. The first-order valence-corrected chi connectivity index (χ1v) is 17.0. The number of hydrogen-bond acceptors (Lipinski definition) is 10. The van der Waals surface area contributed by atoms with Crippen LogP contribution >= 0.6 is 22.9 Å². The van der Waals surface area contributed by atoms with Gasteiger partial charge < -0.3 is 24.8 Å². The lowest BCUT2D eigenvalue weighted by atomic mass is 9.90. The largest absolute Gasteiger partial charge is 0.488 e. The van der Waals surface area contributed by atoms with E-state index in [1.165, 1.54) is 12.1 Å². The molecule has 4 aliphatic rings. The molecule has 0 bridgehead atoms.